The summed E-state index contributed by atoms with van der Waals surface area (Å²) in [5.41, 5.74) is 1.03. The molecule has 1 aliphatic rings. The Morgan fingerprint density at radius 2 is 1.76 bits per heavy atom. The lowest BCUT2D eigenvalue weighted by molar-refractivity contribution is 0.0955. The minimum absolute atomic E-state index is 0.105. The first-order valence-corrected chi connectivity index (χ1v) is 12.4. The molecule has 3 aromatic rings. The highest BCUT2D eigenvalue weighted by atomic mass is 32.2. The Labute approximate surface area is 197 Å². The second-order valence-corrected chi connectivity index (χ2v) is 10.00. The number of methoxy groups -OCH3 is 2. The van der Waals surface area contributed by atoms with E-state index in [9.17, 15) is 18.0 Å². The summed E-state index contributed by atoms with van der Waals surface area (Å²) < 4.78 is 38.0. The molecule has 0 saturated carbocycles. The number of fused-ring (bicyclic) bond motifs is 1. The lowest BCUT2D eigenvalue weighted by atomic mass is 10.1. The number of ether oxygens (including phenoxy) is 2. The van der Waals surface area contributed by atoms with Gasteiger partial charge in [-0.15, -0.1) is 0 Å². The summed E-state index contributed by atoms with van der Waals surface area (Å²) in [4.78, 5) is 27.9. The van der Waals surface area contributed by atoms with E-state index in [0.717, 1.165) is 18.4 Å². The molecule has 0 unspecified atom stereocenters. The van der Waals surface area contributed by atoms with Crippen LogP contribution in [0.3, 0.4) is 0 Å². The zero-order chi connectivity index (χ0) is 24.3. The Morgan fingerprint density at radius 1 is 1.03 bits per heavy atom. The SMILES string of the molecule is COc1ccc(CCNC(=O)c2cc(=O)[nH]c3ccc(S(=O)(=O)N4CCCC4)cc23)cc1OC. The quantitative estimate of drug-likeness (QED) is 0.506. The summed E-state index contributed by atoms with van der Waals surface area (Å²) in [6.45, 7) is 1.28. The van der Waals surface area contributed by atoms with Crippen molar-refractivity contribution in [1.29, 1.82) is 0 Å². The van der Waals surface area contributed by atoms with Gasteiger partial charge >= 0.3 is 0 Å². The summed E-state index contributed by atoms with van der Waals surface area (Å²) in [7, 11) is -0.545. The van der Waals surface area contributed by atoms with Gasteiger partial charge in [-0.25, -0.2) is 8.42 Å². The van der Waals surface area contributed by atoms with Crippen molar-refractivity contribution in [3.63, 3.8) is 0 Å². The lowest BCUT2D eigenvalue weighted by Crippen LogP contribution is -2.28. The number of sulfonamides is 1. The van der Waals surface area contributed by atoms with Gasteiger partial charge in [-0.1, -0.05) is 6.07 Å². The molecule has 10 heteroatoms. The molecule has 0 atom stereocenters. The van der Waals surface area contributed by atoms with Crippen LogP contribution in [0.5, 0.6) is 11.5 Å². The van der Waals surface area contributed by atoms with Gasteiger partial charge in [0.2, 0.25) is 15.6 Å². The molecule has 0 bridgehead atoms. The van der Waals surface area contributed by atoms with Gasteiger partial charge in [0.05, 0.1) is 24.7 Å². The highest BCUT2D eigenvalue weighted by molar-refractivity contribution is 7.89. The predicted molar refractivity (Wildman–Crippen MR) is 128 cm³/mol. The third-order valence-electron chi connectivity index (χ3n) is 5.91. The van der Waals surface area contributed by atoms with Crippen molar-refractivity contribution in [3.8, 4) is 11.5 Å². The number of hydrogen-bond acceptors (Lipinski definition) is 6. The van der Waals surface area contributed by atoms with Crippen molar-refractivity contribution in [2.45, 2.75) is 24.2 Å². The van der Waals surface area contributed by atoms with Crippen LogP contribution in [0.25, 0.3) is 10.9 Å². The lowest BCUT2D eigenvalue weighted by Gasteiger charge is -2.16. The van der Waals surface area contributed by atoms with Gasteiger partial charge in [0.1, 0.15) is 0 Å². The highest BCUT2D eigenvalue weighted by Gasteiger charge is 2.27. The fourth-order valence-electron chi connectivity index (χ4n) is 4.11. The van der Waals surface area contributed by atoms with Gasteiger partial charge in [0.15, 0.2) is 11.5 Å². The van der Waals surface area contributed by atoms with E-state index in [1.54, 1.807) is 20.3 Å². The van der Waals surface area contributed by atoms with Gasteiger partial charge in [0.25, 0.3) is 5.91 Å². The van der Waals surface area contributed by atoms with Crippen molar-refractivity contribution in [2.75, 3.05) is 33.9 Å². The molecule has 4 rings (SSSR count). The zero-order valence-corrected chi connectivity index (χ0v) is 19.9. The molecule has 1 fully saturated rings. The molecular weight excluding hydrogens is 458 g/mol. The van der Waals surface area contributed by atoms with E-state index in [0.29, 0.717) is 48.5 Å². The molecule has 34 heavy (non-hydrogen) atoms. The Bertz CT molecular complexity index is 1380. The second kappa shape index (κ2) is 9.86. The molecule has 0 radical (unpaired) electrons. The number of H-pyrrole nitrogens is 1. The highest BCUT2D eigenvalue weighted by Crippen LogP contribution is 2.28. The standard InChI is InChI=1S/C24H27N3O6S/c1-32-21-8-5-16(13-22(21)33-2)9-10-25-24(29)19-15-23(28)26-20-7-6-17(14-18(19)20)34(30,31)27-11-3-4-12-27/h5-8,13-15H,3-4,9-12H2,1-2H3,(H,25,29)(H,26,28). The van der Waals surface area contributed by atoms with E-state index in [4.69, 9.17) is 9.47 Å². The van der Waals surface area contributed by atoms with Crippen LogP contribution in [-0.2, 0) is 16.4 Å². The first-order valence-electron chi connectivity index (χ1n) is 11.0. The number of amides is 1. The van der Waals surface area contributed by atoms with Crippen LogP contribution in [0.4, 0.5) is 0 Å². The fraction of sp³-hybridized carbons (Fsp3) is 0.333. The number of nitrogens with zero attached hydrogens (tertiary/aromatic N) is 1. The van der Waals surface area contributed by atoms with Crippen LogP contribution in [0.1, 0.15) is 28.8 Å². The number of carbonyl (C=O) groups is 1. The van der Waals surface area contributed by atoms with E-state index >= 15 is 0 Å². The van der Waals surface area contributed by atoms with Crippen molar-refractivity contribution < 1.29 is 22.7 Å². The predicted octanol–water partition coefficient (Wildman–Crippen LogP) is 2.30. The van der Waals surface area contributed by atoms with E-state index in [1.165, 1.54) is 28.6 Å². The van der Waals surface area contributed by atoms with E-state index in [1.807, 2.05) is 12.1 Å². The van der Waals surface area contributed by atoms with Crippen LogP contribution in [0.2, 0.25) is 0 Å². The second-order valence-electron chi connectivity index (χ2n) is 8.06. The number of pyridine rings is 1. The molecule has 2 heterocycles. The molecule has 0 spiro atoms. The van der Waals surface area contributed by atoms with Gasteiger partial charge < -0.3 is 19.8 Å². The van der Waals surface area contributed by atoms with Crippen molar-refractivity contribution in [1.82, 2.24) is 14.6 Å². The Hall–Kier alpha value is -3.37. The number of aromatic amines is 1. The fourth-order valence-corrected chi connectivity index (χ4v) is 5.65. The van der Waals surface area contributed by atoms with Crippen LogP contribution >= 0.6 is 0 Å². The Balaban J connectivity index is 1.56. The van der Waals surface area contributed by atoms with E-state index < -0.39 is 21.5 Å². The van der Waals surface area contributed by atoms with Gasteiger partial charge in [-0.3, -0.25) is 9.59 Å². The monoisotopic (exact) mass is 485 g/mol. The maximum absolute atomic E-state index is 13.0. The molecule has 1 aliphatic heterocycles. The number of benzene rings is 2. The maximum atomic E-state index is 13.0. The normalized spacial score (nSPS) is 14.3. The smallest absolute Gasteiger partial charge is 0.252 e. The third kappa shape index (κ3) is 4.78. The molecule has 0 aliphatic carbocycles. The average Bonchev–Trinajstić information content (AvgIpc) is 3.39. The average molecular weight is 486 g/mol. The number of carbonyl (C=O) groups excluding carboxylic acids is 1. The van der Waals surface area contributed by atoms with E-state index in [2.05, 4.69) is 10.3 Å². The van der Waals surface area contributed by atoms with Crippen molar-refractivity contribution >= 4 is 26.8 Å². The molecule has 9 nitrogen and oxygen atoms in total. The number of nitrogens with one attached hydrogen (secondary N) is 2. The van der Waals surface area contributed by atoms with E-state index in [-0.39, 0.29) is 10.5 Å². The zero-order valence-electron chi connectivity index (χ0n) is 19.1. The van der Waals surface area contributed by atoms with Crippen LogP contribution in [-0.4, -0.2) is 57.5 Å². The summed E-state index contributed by atoms with van der Waals surface area (Å²) in [5.74, 6) is 0.760. The first-order chi connectivity index (χ1) is 16.3. The molecule has 2 N–H and O–H groups in total. The number of hydrogen-bond donors (Lipinski definition) is 2. The van der Waals surface area contributed by atoms with Crippen LogP contribution in [0.15, 0.2) is 52.2 Å². The molecule has 1 aromatic heterocycles. The minimum Gasteiger partial charge on any atom is -0.493 e. The van der Waals surface area contributed by atoms with Gasteiger partial charge in [-0.2, -0.15) is 4.31 Å². The molecule has 1 amide bonds. The maximum Gasteiger partial charge on any atom is 0.252 e. The largest absolute Gasteiger partial charge is 0.493 e. The summed E-state index contributed by atoms with van der Waals surface area (Å²) in [6.07, 6.45) is 2.18. The molecule has 1 saturated heterocycles. The Kier molecular flexibility index (Phi) is 6.90. The molecular formula is C24H27N3O6S. The topological polar surface area (TPSA) is 118 Å². The van der Waals surface area contributed by atoms with Gasteiger partial charge in [-0.05, 0) is 55.2 Å². The number of rotatable bonds is 8. The molecule has 2 aromatic carbocycles. The first kappa shape index (κ1) is 23.8. The minimum atomic E-state index is -3.66. The van der Waals surface area contributed by atoms with Crippen molar-refractivity contribution in [2.24, 2.45) is 0 Å². The Morgan fingerprint density at radius 3 is 2.47 bits per heavy atom. The van der Waals surface area contributed by atoms with Gasteiger partial charge in [0, 0.05) is 36.6 Å². The summed E-state index contributed by atoms with van der Waals surface area (Å²) in [6, 6.07) is 11.2. The third-order valence-corrected chi connectivity index (χ3v) is 7.80. The number of aromatic nitrogens is 1. The van der Waals surface area contributed by atoms with Crippen molar-refractivity contribution in [3.05, 3.63) is 63.9 Å². The summed E-state index contributed by atoms with van der Waals surface area (Å²) in [5, 5.41) is 3.20. The van der Waals surface area contributed by atoms with Crippen LogP contribution < -0.4 is 20.3 Å². The van der Waals surface area contributed by atoms with Crippen LogP contribution in [0, 0.1) is 0 Å². The summed E-state index contributed by atoms with van der Waals surface area (Å²) >= 11 is 0. The molecule has 180 valence electrons.